The number of carboxylic acid groups (broad SMARTS) is 1. The van der Waals surface area contributed by atoms with E-state index in [-0.39, 0.29) is 30.8 Å². The molecule has 2 aliphatic carbocycles. The van der Waals surface area contributed by atoms with Gasteiger partial charge in [-0.25, -0.2) is 4.79 Å². The van der Waals surface area contributed by atoms with Crippen LogP contribution in [0.4, 0.5) is 4.79 Å². The molecule has 0 saturated heterocycles. The number of aliphatic carboxylic acids is 1. The third kappa shape index (κ3) is 5.23. The summed E-state index contributed by atoms with van der Waals surface area (Å²) in [5, 5.41) is 13.1. The molecule has 32 heavy (non-hydrogen) atoms. The normalized spacial score (nSPS) is 21.3. The number of carboxylic acids is 1. The Hall–Kier alpha value is -3.03. The van der Waals surface area contributed by atoms with Crippen LogP contribution in [0.2, 0.25) is 0 Å². The van der Waals surface area contributed by atoms with E-state index in [2.05, 4.69) is 5.16 Å². The molecule has 0 aliphatic heterocycles. The summed E-state index contributed by atoms with van der Waals surface area (Å²) in [5.74, 6) is 0.114. The topological polar surface area (TPSA) is 102 Å². The Bertz CT molecular complexity index is 919. The lowest BCUT2D eigenvalue weighted by atomic mass is 9.87. The molecule has 0 unspecified atom stereocenters. The third-order valence-corrected chi connectivity index (χ3v) is 6.58. The molecule has 0 spiro atoms. The van der Waals surface area contributed by atoms with Crippen molar-refractivity contribution in [2.45, 2.75) is 70.1 Å². The third-order valence-electron chi connectivity index (χ3n) is 6.58. The molecule has 8 nitrogen and oxygen atoms in total. The van der Waals surface area contributed by atoms with Crippen molar-refractivity contribution in [3.63, 3.8) is 0 Å². The number of rotatable bonds is 7. The lowest BCUT2D eigenvalue weighted by molar-refractivity contribution is -0.143. The second kappa shape index (κ2) is 10.1. The smallest absolute Gasteiger partial charge is 0.410 e. The van der Waals surface area contributed by atoms with Gasteiger partial charge >= 0.3 is 12.1 Å². The van der Waals surface area contributed by atoms with Crippen LogP contribution in [0.3, 0.4) is 0 Å². The van der Waals surface area contributed by atoms with Crippen molar-refractivity contribution in [2.24, 2.45) is 5.92 Å². The first-order valence-electron chi connectivity index (χ1n) is 11.3. The second-order valence-electron chi connectivity index (χ2n) is 8.73. The summed E-state index contributed by atoms with van der Waals surface area (Å²) >= 11 is 0. The molecule has 1 aromatic carbocycles. The number of hydrogen-bond donors (Lipinski definition) is 1. The van der Waals surface area contributed by atoms with Gasteiger partial charge in [0.05, 0.1) is 18.2 Å². The van der Waals surface area contributed by atoms with Gasteiger partial charge in [0.1, 0.15) is 5.75 Å². The molecule has 172 valence electrons. The van der Waals surface area contributed by atoms with Crippen molar-refractivity contribution in [2.75, 3.05) is 7.05 Å². The summed E-state index contributed by atoms with van der Waals surface area (Å²) in [5.41, 5.74) is 1.64. The van der Waals surface area contributed by atoms with Crippen LogP contribution in [-0.4, -0.2) is 46.4 Å². The van der Waals surface area contributed by atoms with Gasteiger partial charge in [0, 0.05) is 18.7 Å². The average Bonchev–Trinajstić information content (AvgIpc) is 3.50. The van der Waals surface area contributed by atoms with Gasteiger partial charge in [0.25, 0.3) is 0 Å². The van der Waals surface area contributed by atoms with Gasteiger partial charge < -0.3 is 24.0 Å². The van der Waals surface area contributed by atoms with E-state index in [4.69, 9.17) is 14.0 Å². The SMILES string of the molecule is CN(C(=O)OCc1oncc1-c1ccc(O[C@H]2CCC[C@H](C(=O)O)C2)cc1)C1CCCC1. The number of carbonyl (C=O) groups is 2. The van der Waals surface area contributed by atoms with Crippen molar-refractivity contribution >= 4 is 12.1 Å². The van der Waals surface area contributed by atoms with Gasteiger partial charge in [-0.05, 0) is 56.2 Å². The van der Waals surface area contributed by atoms with E-state index in [1.807, 2.05) is 24.3 Å². The van der Waals surface area contributed by atoms with E-state index in [1.54, 1.807) is 18.1 Å². The standard InChI is InChI=1S/C24H30N2O6/c1-26(18-6-2-3-7-18)24(29)30-15-22-21(14-25-32-22)16-9-11-19(12-10-16)31-20-8-4-5-17(13-20)23(27)28/h9-12,14,17-18,20H,2-8,13,15H2,1H3,(H,27,28)/t17-,20-/m0/s1. The number of aromatic nitrogens is 1. The first-order chi connectivity index (χ1) is 15.5. The van der Waals surface area contributed by atoms with E-state index in [1.165, 1.54) is 0 Å². The second-order valence-corrected chi connectivity index (χ2v) is 8.73. The van der Waals surface area contributed by atoms with Gasteiger partial charge in [0.15, 0.2) is 12.4 Å². The van der Waals surface area contributed by atoms with E-state index in [9.17, 15) is 14.7 Å². The molecular formula is C24H30N2O6. The maximum Gasteiger partial charge on any atom is 0.410 e. The quantitative estimate of drug-likeness (QED) is 0.652. The van der Waals surface area contributed by atoms with Crippen molar-refractivity contribution in [3.8, 4) is 16.9 Å². The number of hydrogen-bond acceptors (Lipinski definition) is 6. The molecule has 2 aromatic rings. The van der Waals surface area contributed by atoms with Crippen LogP contribution in [0.1, 0.15) is 57.1 Å². The molecule has 2 atom stereocenters. The number of amides is 1. The minimum Gasteiger partial charge on any atom is -0.490 e. The molecule has 1 heterocycles. The van der Waals surface area contributed by atoms with Gasteiger partial charge in [-0.1, -0.05) is 30.1 Å². The molecule has 4 rings (SSSR count). The van der Waals surface area contributed by atoms with Crippen molar-refractivity contribution in [1.82, 2.24) is 10.1 Å². The number of nitrogens with zero attached hydrogens (tertiary/aromatic N) is 2. The summed E-state index contributed by atoms with van der Waals surface area (Å²) in [4.78, 5) is 25.3. The van der Waals surface area contributed by atoms with Crippen LogP contribution < -0.4 is 4.74 Å². The summed E-state index contributed by atoms with van der Waals surface area (Å²) in [6, 6.07) is 7.76. The van der Waals surface area contributed by atoms with Crippen LogP contribution in [0.5, 0.6) is 5.75 Å². The molecule has 8 heteroatoms. The van der Waals surface area contributed by atoms with E-state index >= 15 is 0 Å². The van der Waals surface area contributed by atoms with E-state index in [0.29, 0.717) is 24.4 Å². The number of carbonyl (C=O) groups excluding carboxylic acids is 1. The van der Waals surface area contributed by atoms with Crippen LogP contribution >= 0.6 is 0 Å². The summed E-state index contributed by atoms with van der Waals surface area (Å²) in [6.45, 7) is 0.0160. The van der Waals surface area contributed by atoms with E-state index < -0.39 is 5.97 Å². The molecule has 2 fully saturated rings. The minimum absolute atomic E-state index is 0.0160. The van der Waals surface area contributed by atoms with Crippen molar-refractivity contribution in [3.05, 3.63) is 36.2 Å². The van der Waals surface area contributed by atoms with Crippen molar-refractivity contribution in [1.29, 1.82) is 0 Å². The molecule has 1 N–H and O–H groups in total. The molecular weight excluding hydrogens is 412 g/mol. The maximum absolute atomic E-state index is 12.4. The largest absolute Gasteiger partial charge is 0.490 e. The first kappa shape index (κ1) is 22.2. The highest BCUT2D eigenvalue weighted by Crippen LogP contribution is 2.30. The fourth-order valence-corrected chi connectivity index (χ4v) is 4.66. The Labute approximate surface area is 187 Å². The molecule has 1 amide bonds. The Morgan fingerprint density at radius 2 is 1.88 bits per heavy atom. The van der Waals surface area contributed by atoms with Gasteiger partial charge in [-0.15, -0.1) is 0 Å². The van der Waals surface area contributed by atoms with Crippen molar-refractivity contribution < 1.29 is 28.7 Å². The van der Waals surface area contributed by atoms with Gasteiger partial charge in [-0.2, -0.15) is 0 Å². The Kier molecular flexibility index (Phi) is 6.97. The highest BCUT2D eigenvalue weighted by atomic mass is 16.6. The Morgan fingerprint density at radius 3 is 2.59 bits per heavy atom. The molecule has 1 aromatic heterocycles. The fourth-order valence-electron chi connectivity index (χ4n) is 4.66. The minimum atomic E-state index is -0.747. The molecule has 0 radical (unpaired) electrons. The summed E-state index contributed by atoms with van der Waals surface area (Å²) < 4.78 is 16.8. The summed E-state index contributed by atoms with van der Waals surface area (Å²) in [7, 11) is 1.78. The van der Waals surface area contributed by atoms with Crippen LogP contribution in [0, 0.1) is 5.92 Å². The Balaban J connectivity index is 1.34. The predicted molar refractivity (Wildman–Crippen MR) is 116 cm³/mol. The predicted octanol–water partition coefficient (Wildman–Crippen LogP) is 4.87. The molecule has 0 bridgehead atoms. The van der Waals surface area contributed by atoms with Crippen LogP contribution in [-0.2, 0) is 16.1 Å². The average molecular weight is 443 g/mol. The zero-order chi connectivity index (χ0) is 22.5. The lowest BCUT2D eigenvalue weighted by Gasteiger charge is -2.27. The number of ether oxygens (including phenoxy) is 2. The van der Waals surface area contributed by atoms with Crippen LogP contribution in [0.25, 0.3) is 11.1 Å². The number of benzene rings is 1. The lowest BCUT2D eigenvalue weighted by Crippen LogP contribution is -2.35. The maximum atomic E-state index is 12.4. The van der Waals surface area contributed by atoms with Gasteiger partial charge in [-0.3, -0.25) is 4.79 Å². The summed E-state index contributed by atoms with van der Waals surface area (Å²) in [6.07, 6.45) is 8.48. The highest BCUT2D eigenvalue weighted by Gasteiger charge is 2.28. The monoisotopic (exact) mass is 442 g/mol. The highest BCUT2D eigenvalue weighted by molar-refractivity contribution is 5.70. The zero-order valence-electron chi connectivity index (χ0n) is 18.4. The molecule has 2 saturated carbocycles. The first-order valence-corrected chi connectivity index (χ1v) is 11.3. The van der Waals surface area contributed by atoms with Crippen LogP contribution in [0.15, 0.2) is 35.0 Å². The zero-order valence-corrected chi connectivity index (χ0v) is 18.4. The van der Waals surface area contributed by atoms with Gasteiger partial charge in [0.2, 0.25) is 0 Å². The molecule has 2 aliphatic rings. The Morgan fingerprint density at radius 1 is 1.12 bits per heavy atom. The van der Waals surface area contributed by atoms with E-state index in [0.717, 1.165) is 49.7 Å². The fraction of sp³-hybridized carbons (Fsp3) is 0.542.